The molecule has 0 fully saturated rings. The van der Waals surface area contributed by atoms with Gasteiger partial charge in [-0.25, -0.2) is 13.2 Å². The van der Waals surface area contributed by atoms with Crippen molar-refractivity contribution in [1.82, 2.24) is 0 Å². The van der Waals surface area contributed by atoms with Crippen molar-refractivity contribution in [3.05, 3.63) is 71.3 Å². The van der Waals surface area contributed by atoms with Crippen molar-refractivity contribution in [3.63, 3.8) is 0 Å². The van der Waals surface area contributed by atoms with Crippen LogP contribution in [0, 0.1) is 6.92 Å². The molecule has 114 valence electrons. The van der Waals surface area contributed by atoms with E-state index < -0.39 is 15.8 Å². The molecule has 2 aromatic carbocycles. The third-order valence-electron chi connectivity index (χ3n) is 3.11. The minimum absolute atomic E-state index is 0.120. The van der Waals surface area contributed by atoms with E-state index in [1.54, 1.807) is 48.5 Å². The lowest BCUT2D eigenvalue weighted by atomic mass is 10.1. The molecule has 0 atom stereocenters. The Kier molecular flexibility index (Phi) is 4.78. The van der Waals surface area contributed by atoms with E-state index in [0.717, 1.165) is 11.6 Å². The Hall–Kier alpha value is -2.40. The van der Waals surface area contributed by atoms with Crippen LogP contribution in [0.4, 0.5) is 0 Å². The van der Waals surface area contributed by atoms with Gasteiger partial charge < -0.3 is 5.11 Å². The molecular weight excluding hydrogens is 300 g/mol. The molecule has 0 aliphatic rings. The highest BCUT2D eigenvalue weighted by atomic mass is 32.2. The summed E-state index contributed by atoms with van der Waals surface area (Å²) in [5.41, 5.74) is 2.27. The van der Waals surface area contributed by atoms with Crippen LogP contribution in [0.1, 0.15) is 16.7 Å². The van der Waals surface area contributed by atoms with Crippen LogP contribution in [0.15, 0.2) is 59.5 Å². The Balaban J connectivity index is 2.24. The molecule has 0 aliphatic heterocycles. The van der Waals surface area contributed by atoms with Gasteiger partial charge in [0.25, 0.3) is 0 Å². The molecule has 2 rings (SSSR count). The number of carboxylic acids is 1. The first-order valence-electron chi connectivity index (χ1n) is 6.66. The Morgan fingerprint density at radius 2 is 1.82 bits per heavy atom. The Morgan fingerprint density at radius 3 is 2.45 bits per heavy atom. The Morgan fingerprint density at radius 1 is 1.14 bits per heavy atom. The fraction of sp³-hybridized carbons (Fsp3) is 0.118. The summed E-state index contributed by atoms with van der Waals surface area (Å²) >= 11 is 0. The number of carboxylic acid groups (broad SMARTS) is 1. The molecule has 0 unspecified atom stereocenters. The van der Waals surface area contributed by atoms with Crippen LogP contribution in [-0.2, 0) is 20.4 Å². The summed E-state index contributed by atoms with van der Waals surface area (Å²) in [6, 6.07) is 13.5. The maximum Gasteiger partial charge on any atom is 0.328 e. The van der Waals surface area contributed by atoms with E-state index in [2.05, 4.69) is 0 Å². The first kappa shape index (κ1) is 16.0. The monoisotopic (exact) mass is 316 g/mol. The van der Waals surface area contributed by atoms with Gasteiger partial charge in [0.15, 0.2) is 9.84 Å². The molecular formula is C17H16O4S. The van der Waals surface area contributed by atoms with Gasteiger partial charge in [-0.15, -0.1) is 0 Å². The summed E-state index contributed by atoms with van der Waals surface area (Å²) in [6.45, 7) is 1.90. The largest absolute Gasteiger partial charge is 0.478 e. The summed E-state index contributed by atoms with van der Waals surface area (Å²) in [5.74, 6) is -1.16. The van der Waals surface area contributed by atoms with Crippen molar-refractivity contribution in [2.75, 3.05) is 0 Å². The molecule has 1 N–H and O–H groups in total. The number of hydrogen-bond acceptors (Lipinski definition) is 3. The number of benzene rings is 2. The van der Waals surface area contributed by atoms with Crippen molar-refractivity contribution in [2.45, 2.75) is 17.6 Å². The first-order valence-corrected chi connectivity index (χ1v) is 8.31. The van der Waals surface area contributed by atoms with Crippen molar-refractivity contribution >= 4 is 21.9 Å². The zero-order chi connectivity index (χ0) is 16.2. The van der Waals surface area contributed by atoms with Crippen LogP contribution in [0.3, 0.4) is 0 Å². The topological polar surface area (TPSA) is 71.4 Å². The van der Waals surface area contributed by atoms with E-state index in [1.165, 1.54) is 6.08 Å². The summed E-state index contributed by atoms with van der Waals surface area (Å²) in [5, 5.41) is 8.62. The second-order valence-corrected chi connectivity index (χ2v) is 6.98. The van der Waals surface area contributed by atoms with Crippen molar-refractivity contribution in [2.24, 2.45) is 0 Å². The fourth-order valence-corrected chi connectivity index (χ4v) is 3.34. The molecule has 0 bridgehead atoms. The van der Waals surface area contributed by atoms with Gasteiger partial charge in [0.1, 0.15) is 0 Å². The van der Waals surface area contributed by atoms with Crippen molar-refractivity contribution in [3.8, 4) is 0 Å². The van der Waals surface area contributed by atoms with Crippen LogP contribution in [0.2, 0.25) is 0 Å². The van der Waals surface area contributed by atoms with E-state index in [1.807, 2.05) is 6.92 Å². The molecule has 0 saturated carbocycles. The van der Waals surface area contributed by atoms with Gasteiger partial charge in [0.2, 0.25) is 0 Å². The van der Waals surface area contributed by atoms with Crippen molar-refractivity contribution < 1.29 is 18.3 Å². The highest BCUT2D eigenvalue weighted by Crippen LogP contribution is 2.18. The zero-order valence-electron chi connectivity index (χ0n) is 12.1. The van der Waals surface area contributed by atoms with Gasteiger partial charge >= 0.3 is 5.97 Å². The number of aryl methyl sites for hydroxylation is 1. The lowest BCUT2D eigenvalue weighted by Gasteiger charge is -2.06. The van der Waals surface area contributed by atoms with Gasteiger partial charge in [-0.3, -0.25) is 0 Å². The van der Waals surface area contributed by atoms with E-state index >= 15 is 0 Å². The standard InChI is InChI=1S/C17H16O4S/c1-13-5-8-16(9-6-13)22(20,21)12-15-4-2-3-14(11-15)7-10-17(18)19/h2-11H,12H2,1H3,(H,18,19)/b10-7+. The molecule has 0 saturated heterocycles. The van der Waals surface area contributed by atoms with Gasteiger partial charge in [0, 0.05) is 6.08 Å². The van der Waals surface area contributed by atoms with Crippen molar-refractivity contribution in [1.29, 1.82) is 0 Å². The Labute approximate surface area is 129 Å². The Bertz CT molecular complexity index is 803. The van der Waals surface area contributed by atoms with E-state index in [9.17, 15) is 13.2 Å². The van der Waals surface area contributed by atoms with Crippen LogP contribution in [-0.4, -0.2) is 19.5 Å². The van der Waals surface area contributed by atoms with Gasteiger partial charge in [0.05, 0.1) is 10.6 Å². The summed E-state index contributed by atoms with van der Waals surface area (Å²) < 4.78 is 24.8. The average Bonchev–Trinajstić information content (AvgIpc) is 2.45. The number of aliphatic carboxylic acids is 1. The zero-order valence-corrected chi connectivity index (χ0v) is 12.9. The summed E-state index contributed by atoms with van der Waals surface area (Å²) in [7, 11) is -3.42. The lowest BCUT2D eigenvalue weighted by Crippen LogP contribution is -2.05. The maximum atomic E-state index is 12.4. The maximum absolute atomic E-state index is 12.4. The minimum atomic E-state index is -3.42. The molecule has 0 amide bonds. The van der Waals surface area contributed by atoms with E-state index in [4.69, 9.17) is 5.11 Å². The van der Waals surface area contributed by atoms with Gasteiger partial charge in [-0.2, -0.15) is 0 Å². The SMILES string of the molecule is Cc1ccc(S(=O)(=O)Cc2cccc(/C=C/C(=O)O)c2)cc1. The average molecular weight is 316 g/mol. The molecule has 0 aromatic heterocycles. The number of carbonyl (C=O) groups is 1. The third-order valence-corrected chi connectivity index (χ3v) is 4.81. The fourth-order valence-electron chi connectivity index (χ4n) is 2.00. The quantitative estimate of drug-likeness (QED) is 0.861. The molecule has 0 spiro atoms. The second-order valence-electron chi connectivity index (χ2n) is 4.99. The molecule has 0 radical (unpaired) electrons. The third kappa shape index (κ3) is 4.30. The number of rotatable bonds is 5. The molecule has 5 heteroatoms. The molecule has 0 aliphatic carbocycles. The van der Waals surface area contributed by atoms with Crippen LogP contribution in [0.5, 0.6) is 0 Å². The number of sulfone groups is 1. The molecule has 4 nitrogen and oxygen atoms in total. The van der Waals surface area contributed by atoms with E-state index in [0.29, 0.717) is 11.1 Å². The van der Waals surface area contributed by atoms with Crippen LogP contribution in [0.25, 0.3) is 6.08 Å². The highest BCUT2D eigenvalue weighted by Gasteiger charge is 2.15. The molecule has 0 heterocycles. The van der Waals surface area contributed by atoms with E-state index in [-0.39, 0.29) is 10.6 Å². The van der Waals surface area contributed by atoms with Crippen LogP contribution < -0.4 is 0 Å². The van der Waals surface area contributed by atoms with Crippen LogP contribution >= 0.6 is 0 Å². The van der Waals surface area contributed by atoms with Gasteiger partial charge in [-0.1, -0.05) is 42.0 Å². The predicted octanol–water partition coefficient (Wildman–Crippen LogP) is 3.07. The molecule has 22 heavy (non-hydrogen) atoms. The normalized spacial score (nSPS) is 11.7. The lowest BCUT2D eigenvalue weighted by molar-refractivity contribution is -0.131. The van der Waals surface area contributed by atoms with Gasteiger partial charge in [-0.05, 0) is 36.3 Å². The highest BCUT2D eigenvalue weighted by molar-refractivity contribution is 7.90. The predicted molar refractivity (Wildman–Crippen MR) is 85.2 cm³/mol. The first-order chi connectivity index (χ1) is 10.4. The minimum Gasteiger partial charge on any atom is -0.478 e. The summed E-state index contributed by atoms with van der Waals surface area (Å²) in [4.78, 5) is 10.8. The molecule has 2 aromatic rings. The smallest absolute Gasteiger partial charge is 0.328 e. The number of hydrogen-bond donors (Lipinski definition) is 1. The summed E-state index contributed by atoms with van der Waals surface area (Å²) in [6.07, 6.45) is 2.46. The second kappa shape index (κ2) is 6.58.